The molecular weight excluding hydrogens is 422 g/mol. The number of rotatable bonds is 8. The predicted octanol–water partition coefficient (Wildman–Crippen LogP) is 5.20. The Morgan fingerprint density at radius 3 is 2.30 bits per heavy atom. The van der Waals surface area contributed by atoms with Gasteiger partial charge in [0.1, 0.15) is 12.4 Å². The average Bonchev–Trinajstić information content (AvgIpc) is 2.79. The van der Waals surface area contributed by atoms with E-state index in [4.69, 9.17) is 14.6 Å². The van der Waals surface area contributed by atoms with E-state index in [9.17, 15) is 9.59 Å². The van der Waals surface area contributed by atoms with E-state index in [-0.39, 0.29) is 12.6 Å². The first kappa shape index (κ1) is 23.6. The van der Waals surface area contributed by atoms with Crippen molar-refractivity contribution in [3.63, 3.8) is 0 Å². The van der Waals surface area contributed by atoms with Gasteiger partial charge in [-0.05, 0) is 62.2 Å². The molecule has 172 valence electrons. The summed E-state index contributed by atoms with van der Waals surface area (Å²) in [5.74, 6) is 0.00618. The number of urea groups is 1. The van der Waals surface area contributed by atoms with E-state index in [2.05, 4.69) is 15.6 Å². The first-order chi connectivity index (χ1) is 15.7. The number of methoxy groups -OCH3 is 1. The highest BCUT2D eigenvalue weighted by molar-refractivity contribution is 6.00. The number of benzene rings is 2. The van der Waals surface area contributed by atoms with E-state index in [1.807, 2.05) is 37.3 Å². The maximum Gasteiger partial charge on any atom is 0.323 e. The predicted molar refractivity (Wildman–Crippen MR) is 127 cm³/mol. The minimum Gasteiger partial charge on any atom is -0.495 e. The third-order valence-corrected chi connectivity index (χ3v) is 4.98. The number of ether oxygens (including phenoxy) is 2. The van der Waals surface area contributed by atoms with Crippen LogP contribution < -0.4 is 20.1 Å². The van der Waals surface area contributed by atoms with Crippen LogP contribution in [0.1, 0.15) is 19.4 Å². The van der Waals surface area contributed by atoms with Gasteiger partial charge >= 0.3 is 12.0 Å². The van der Waals surface area contributed by atoms with Crippen molar-refractivity contribution in [2.45, 2.75) is 20.8 Å². The number of carbonyl (C=O) groups is 2. The van der Waals surface area contributed by atoms with Gasteiger partial charge in [0.05, 0.1) is 18.2 Å². The minimum atomic E-state index is -1.00. The molecule has 8 nitrogen and oxygen atoms in total. The Kier molecular flexibility index (Phi) is 7.17. The van der Waals surface area contributed by atoms with Crippen molar-refractivity contribution in [1.82, 2.24) is 4.98 Å². The second-order valence-corrected chi connectivity index (χ2v) is 8.22. The number of hydrogen-bond acceptors (Lipinski definition) is 5. The molecular formula is C25H27N3O5. The van der Waals surface area contributed by atoms with E-state index in [1.54, 1.807) is 51.4 Å². The number of amides is 2. The Morgan fingerprint density at radius 1 is 1.00 bits per heavy atom. The van der Waals surface area contributed by atoms with Gasteiger partial charge in [0.25, 0.3) is 0 Å². The quantitative estimate of drug-likeness (QED) is 0.436. The second-order valence-electron chi connectivity index (χ2n) is 8.22. The summed E-state index contributed by atoms with van der Waals surface area (Å²) in [6.07, 6.45) is 1.66. The summed E-state index contributed by atoms with van der Waals surface area (Å²) in [6.45, 7) is 5.14. The topological polar surface area (TPSA) is 110 Å². The fourth-order valence-corrected chi connectivity index (χ4v) is 2.90. The average molecular weight is 450 g/mol. The largest absolute Gasteiger partial charge is 0.495 e. The fourth-order valence-electron chi connectivity index (χ4n) is 2.90. The van der Waals surface area contributed by atoms with Crippen LogP contribution in [0.2, 0.25) is 0 Å². The monoisotopic (exact) mass is 449 g/mol. The molecule has 3 N–H and O–H groups in total. The van der Waals surface area contributed by atoms with Crippen LogP contribution in [0.3, 0.4) is 0 Å². The molecule has 0 spiro atoms. The summed E-state index contributed by atoms with van der Waals surface area (Å²) >= 11 is 0. The molecule has 33 heavy (non-hydrogen) atoms. The van der Waals surface area contributed by atoms with Crippen LogP contribution in [0, 0.1) is 12.3 Å². The Hall–Kier alpha value is -4.07. The summed E-state index contributed by atoms with van der Waals surface area (Å²) in [7, 11) is 1.55. The van der Waals surface area contributed by atoms with E-state index in [0.29, 0.717) is 23.0 Å². The highest BCUT2D eigenvalue weighted by Crippen LogP contribution is 2.26. The lowest BCUT2D eigenvalue weighted by molar-refractivity contribution is -0.148. The van der Waals surface area contributed by atoms with Crippen molar-refractivity contribution >= 4 is 23.4 Å². The van der Waals surface area contributed by atoms with Gasteiger partial charge in [-0.25, -0.2) is 9.78 Å². The van der Waals surface area contributed by atoms with E-state index >= 15 is 0 Å². The number of carboxylic acid groups (broad SMARTS) is 1. The van der Waals surface area contributed by atoms with E-state index in [1.165, 1.54) is 0 Å². The standard InChI is InChI=1S/C25H27N3O5/c1-16-5-11-21(32-4)20(13-16)28-24(31)27-19-9-6-17(7-10-19)18-8-12-22(26-14-18)33-15-25(2,3)23(29)30/h5-14H,15H2,1-4H3,(H,29,30)(H2,27,28,31). The minimum absolute atomic E-state index is 0.0194. The number of carboxylic acids is 1. The summed E-state index contributed by atoms with van der Waals surface area (Å²) < 4.78 is 10.8. The summed E-state index contributed by atoms with van der Waals surface area (Å²) in [4.78, 5) is 27.8. The molecule has 1 aromatic heterocycles. The molecule has 0 saturated heterocycles. The molecule has 0 bridgehead atoms. The Balaban J connectivity index is 1.60. The first-order valence-electron chi connectivity index (χ1n) is 10.3. The number of aryl methyl sites for hydroxylation is 1. The molecule has 0 aliphatic rings. The Labute approximate surface area is 192 Å². The molecule has 0 saturated carbocycles. The second kappa shape index (κ2) is 10.0. The summed E-state index contributed by atoms with van der Waals surface area (Å²) in [6, 6.07) is 16.0. The zero-order valence-electron chi connectivity index (χ0n) is 19.0. The van der Waals surface area contributed by atoms with Crippen molar-refractivity contribution in [2.75, 3.05) is 24.4 Å². The van der Waals surface area contributed by atoms with Crippen molar-refractivity contribution in [1.29, 1.82) is 0 Å². The van der Waals surface area contributed by atoms with Gasteiger partial charge in [0.2, 0.25) is 5.88 Å². The summed E-state index contributed by atoms with van der Waals surface area (Å²) in [5.41, 5.74) is 3.00. The van der Waals surface area contributed by atoms with Crippen molar-refractivity contribution in [3.8, 4) is 22.8 Å². The number of pyridine rings is 1. The van der Waals surface area contributed by atoms with Crippen LogP contribution in [-0.2, 0) is 4.79 Å². The van der Waals surface area contributed by atoms with E-state index < -0.39 is 11.4 Å². The molecule has 0 fully saturated rings. The molecule has 0 aliphatic heterocycles. The molecule has 2 amide bonds. The molecule has 0 atom stereocenters. The number of nitrogens with one attached hydrogen (secondary N) is 2. The first-order valence-corrected chi connectivity index (χ1v) is 10.3. The normalized spacial score (nSPS) is 10.9. The van der Waals surface area contributed by atoms with Crippen LogP contribution in [0.25, 0.3) is 11.1 Å². The molecule has 3 rings (SSSR count). The lowest BCUT2D eigenvalue weighted by atomic mass is 9.95. The highest BCUT2D eigenvalue weighted by atomic mass is 16.5. The zero-order chi connectivity index (χ0) is 24.0. The maximum absolute atomic E-state index is 12.4. The van der Waals surface area contributed by atoms with Gasteiger partial charge in [0.15, 0.2) is 0 Å². The van der Waals surface area contributed by atoms with Crippen LogP contribution in [-0.4, -0.2) is 35.8 Å². The Bertz CT molecular complexity index is 1130. The number of aromatic nitrogens is 1. The molecule has 3 aromatic rings. The van der Waals surface area contributed by atoms with Gasteiger partial charge < -0.3 is 25.2 Å². The smallest absolute Gasteiger partial charge is 0.323 e. The van der Waals surface area contributed by atoms with Crippen molar-refractivity contribution in [2.24, 2.45) is 5.41 Å². The molecule has 2 aromatic carbocycles. The maximum atomic E-state index is 12.4. The van der Waals surface area contributed by atoms with Crippen molar-refractivity contribution < 1.29 is 24.2 Å². The highest BCUT2D eigenvalue weighted by Gasteiger charge is 2.28. The van der Waals surface area contributed by atoms with Crippen LogP contribution in [0.4, 0.5) is 16.2 Å². The van der Waals surface area contributed by atoms with Gasteiger partial charge in [-0.15, -0.1) is 0 Å². The molecule has 0 unspecified atom stereocenters. The summed E-state index contributed by atoms with van der Waals surface area (Å²) in [5, 5.41) is 14.8. The number of hydrogen-bond donors (Lipinski definition) is 3. The lowest BCUT2D eigenvalue weighted by Crippen LogP contribution is -2.30. The van der Waals surface area contributed by atoms with Crippen LogP contribution >= 0.6 is 0 Å². The number of carbonyl (C=O) groups excluding carboxylic acids is 1. The van der Waals surface area contributed by atoms with Gasteiger partial charge in [-0.3, -0.25) is 4.79 Å². The zero-order valence-corrected chi connectivity index (χ0v) is 19.0. The Morgan fingerprint density at radius 2 is 1.70 bits per heavy atom. The molecule has 0 aliphatic carbocycles. The third-order valence-electron chi connectivity index (χ3n) is 4.98. The number of nitrogens with zero attached hydrogens (tertiary/aromatic N) is 1. The fraction of sp³-hybridized carbons (Fsp3) is 0.240. The molecule has 0 radical (unpaired) electrons. The van der Waals surface area contributed by atoms with Crippen LogP contribution in [0.15, 0.2) is 60.8 Å². The van der Waals surface area contributed by atoms with Crippen molar-refractivity contribution in [3.05, 3.63) is 66.4 Å². The van der Waals surface area contributed by atoms with Gasteiger partial charge in [0, 0.05) is 23.5 Å². The van der Waals surface area contributed by atoms with E-state index in [0.717, 1.165) is 16.7 Å². The lowest BCUT2D eigenvalue weighted by Gasteiger charge is -2.19. The van der Waals surface area contributed by atoms with Crippen LogP contribution in [0.5, 0.6) is 11.6 Å². The van der Waals surface area contributed by atoms with Gasteiger partial charge in [-0.1, -0.05) is 18.2 Å². The third kappa shape index (κ3) is 6.22. The number of aliphatic carboxylic acids is 1. The van der Waals surface area contributed by atoms with Gasteiger partial charge in [-0.2, -0.15) is 0 Å². The number of anilines is 2. The molecule has 1 heterocycles. The molecule has 8 heteroatoms. The SMILES string of the molecule is COc1ccc(C)cc1NC(=O)Nc1ccc(-c2ccc(OCC(C)(C)C(=O)O)nc2)cc1.